The van der Waals surface area contributed by atoms with Crippen LogP contribution in [0.2, 0.25) is 0 Å². The molecule has 0 heterocycles. The number of benzene rings is 1. The number of hydrogen-bond donors (Lipinski definition) is 2. The fourth-order valence-corrected chi connectivity index (χ4v) is 1.73. The van der Waals surface area contributed by atoms with E-state index in [-0.39, 0.29) is 30.5 Å². The molecule has 0 saturated carbocycles. The Labute approximate surface area is 139 Å². The summed E-state index contributed by atoms with van der Waals surface area (Å²) in [6.45, 7) is 5.34. The molecule has 3 N–H and O–H groups in total. The molecule has 126 valence electrons. The number of ether oxygens (including phenoxy) is 2. The van der Waals surface area contributed by atoms with Crippen LogP contribution in [0.4, 0.5) is 0 Å². The summed E-state index contributed by atoms with van der Waals surface area (Å²) in [7, 11) is 0. The fourth-order valence-electron chi connectivity index (χ4n) is 1.73. The molecule has 0 bridgehead atoms. The Morgan fingerprint density at radius 2 is 1.82 bits per heavy atom. The summed E-state index contributed by atoms with van der Waals surface area (Å²) in [5.41, 5.74) is 5.78. The Morgan fingerprint density at radius 3 is 2.41 bits per heavy atom. The van der Waals surface area contributed by atoms with Crippen molar-refractivity contribution in [3.05, 3.63) is 30.3 Å². The number of amides is 1. The van der Waals surface area contributed by atoms with Crippen LogP contribution in [0.15, 0.2) is 30.3 Å². The summed E-state index contributed by atoms with van der Waals surface area (Å²) in [4.78, 5) is 11.6. The standard InChI is InChI=1S/C16H26N2O3.ClH/c1-3-16(17,4-2)13-18-15(19)12-20-10-11-21-14-8-6-5-7-9-14;/h5-9H,3-4,10-13,17H2,1-2H3,(H,18,19);1H. The minimum absolute atomic E-state index is 0. The lowest BCUT2D eigenvalue weighted by Crippen LogP contribution is -2.49. The second-order valence-corrected chi connectivity index (χ2v) is 5.06. The lowest BCUT2D eigenvalue weighted by Gasteiger charge is -2.26. The van der Waals surface area contributed by atoms with Crippen molar-refractivity contribution in [1.82, 2.24) is 5.32 Å². The van der Waals surface area contributed by atoms with Gasteiger partial charge in [0.05, 0.1) is 6.61 Å². The van der Waals surface area contributed by atoms with Gasteiger partial charge in [-0.25, -0.2) is 0 Å². The SMILES string of the molecule is CCC(N)(CC)CNC(=O)COCCOc1ccccc1.Cl. The zero-order chi connectivity index (χ0) is 15.6. The smallest absolute Gasteiger partial charge is 0.246 e. The first-order valence-electron chi connectivity index (χ1n) is 7.41. The van der Waals surface area contributed by atoms with Gasteiger partial charge in [-0.2, -0.15) is 0 Å². The molecule has 0 unspecified atom stereocenters. The Bertz CT molecular complexity index is 411. The van der Waals surface area contributed by atoms with Gasteiger partial charge in [-0.1, -0.05) is 32.0 Å². The van der Waals surface area contributed by atoms with E-state index in [1.807, 2.05) is 44.2 Å². The molecule has 0 radical (unpaired) electrons. The summed E-state index contributed by atoms with van der Waals surface area (Å²) in [6, 6.07) is 9.50. The van der Waals surface area contributed by atoms with Gasteiger partial charge in [0.25, 0.3) is 0 Å². The molecule has 6 heteroatoms. The van der Waals surface area contributed by atoms with Crippen LogP contribution < -0.4 is 15.8 Å². The number of rotatable bonds is 10. The van der Waals surface area contributed by atoms with Crippen molar-refractivity contribution in [1.29, 1.82) is 0 Å². The Morgan fingerprint density at radius 1 is 1.18 bits per heavy atom. The van der Waals surface area contributed by atoms with Crippen LogP contribution in [0.5, 0.6) is 5.75 Å². The molecule has 0 aromatic heterocycles. The molecule has 1 aromatic carbocycles. The van der Waals surface area contributed by atoms with Gasteiger partial charge in [0.15, 0.2) is 0 Å². The average Bonchev–Trinajstić information content (AvgIpc) is 2.53. The number of halogens is 1. The topological polar surface area (TPSA) is 73.6 Å². The summed E-state index contributed by atoms with van der Waals surface area (Å²) in [5, 5.41) is 2.80. The molecule has 1 aromatic rings. The van der Waals surface area contributed by atoms with E-state index in [2.05, 4.69) is 5.32 Å². The van der Waals surface area contributed by atoms with Crippen LogP contribution in [0, 0.1) is 0 Å². The number of hydrogen-bond acceptors (Lipinski definition) is 4. The molecule has 0 spiro atoms. The highest BCUT2D eigenvalue weighted by Crippen LogP contribution is 2.09. The summed E-state index contributed by atoms with van der Waals surface area (Å²) in [5.74, 6) is 0.649. The highest BCUT2D eigenvalue weighted by atomic mass is 35.5. The molecular weight excluding hydrogens is 304 g/mol. The number of nitrogens with one attached hydrogen (secondary N) is 1. The molecule has 1 rings (SSSR count). The monoisotopic (exact) mass is 330 g/mol. The third-order valence-electron chi connectivity index (χ3n) is 3.52. The average molecular weight is 331 g/mol. The van der Waals surface area contributed by atoms with Crippen molar-refractivity contribution in [2.24, 2.45) is 5.73 Å². The van der Waals surface area contributed by atoms with Gasteiger partial charge in [0.2, 0.25) is 5.91 Å². The summed E-state index contributed by atoms with van der Waals surface area (Å²) < 4.78 is 10.7. The molecule has 0 atom stereocenters. The normalized spacial score (nSPS) is 10.7. The van der Waals surface area contributed by atoms with E-state index < -0.39 is 0 Å². The predicted octanol–water partition coefficient (Wildman–Crippen LogP) is 2.14. The quantitative estimate of drug-likeness (QED) is 0.645. The Balaban J connectivity index is 0.00000441. The van der Waals surface area contributed by atoms with Crippen molar-refractivity contribution < 1.29 is 14.3 Å². The second-order valence-electron chi connectivity index (χ2n) is 5.06. The van der Waals surface area contributed by atoms with E-state index >= 15 is 0 Å². The number of para-hydroxylation sites is 1. The third-order valence-corrected chi connectivity index (χ3v) is 3.52. The van der Waals surface area contributed by atoms with E-state index in [1.54, 1.807) is 0 Å². The van der Waals surface area contributed by atoms with Gasteiger partial charge < -0.3 is 20.5 Å². The van der Waals surface area contributed by atoms with Gasteiger partial charge in [-0.05, 0) is 25.0 Å². The number of carbonyl (C=O) groups is 1. The maximum atomic E-state index is 11.6. The highest BCUT2D eigenvalue weighted by Gasteiger charge is 2.20. The molecule has 0 saturated heterocycles. The van der Waals surface area contributed by atoms with Crippen LogP contribution in [0.3, 0.4) is 0 Å². The molecule has 1 amide bonds. The molecule has 0 aliphatic rings. The number of carbonyl (C=O) groups excluding carboxylic acids is 1. The lowest BCUT2D eigenvalue weighted by molar-refractivity contribution is -0.126. The van der Waals surface area contributed by atoms with Crippen molar-refractivity contribution in [3.8, 4) is 5.75 Å². The highest BCUT2D eigenvalue weighted by molar-refractivity contribution is 5.85. The zero-order valence-electron chi connectivity index (χ0n) is 13.3. The number of nitrogens with two attached hydrogens (primary N) is 1. The second kappa shape index (κ2) is 11.3. The van der Waals surface area contributed by atoms with E-state index in [1.165, 1.54) is 0 Å². The van der Waals surface area contributed by atoms with Crippen LogP contribution in [-0.4, -0.2) is 37.8 Å². The van der Waals surface area contributed by atoms with Crippen LogP contribution in [0.25, 0.3) is 0 Å². The third kappa shape index (κ3) is 8.22. The largest absolute Gasteiger partial charge is 0.491 e. The zero-order valence-corrected chi connectivity index (χ0v) is 14.2. The van der Waals surface area contributed by atoms with Gasteiger partial charge in [0.1, 0.15) is 19.0 Å². The first-order valence-corrected chi connectivity index (χ1v) is 7.41. The van der Waals surface area contributed by atoms with Crippen LogP contribution in [-0.2, 0) is 9.53 Å². The van der Waals surface area contributed by atoms with E-state index in [9.17, 15) is 4.79 Å². The first-order chi connectivity index (χ1) is 10.1. The molecule has 0 fully saturated rings. The van der Waals surface area contributed by atoms with Crippen LogP contribution >= 0.6 is 12.4 Å². The van der Waals surface area contributed by atoms with Crippen molar-refractivity contribution in [2.45, 2.75) is 32.2 Å². The Hall–Kier alpha value is -1.30. The van der Waals surface area contributed by atoms with Gasteiger partial charge in [0, 0.05) is 12.1 Å². The molecule has 0 aliphatic carbocycles. The van der Waals surface area contributed by atoms with E-state index in [4.69, 9.17) is 15.2 Å². The summed E-state index contributed by atoms with van der Waals surface area (Å²) in [6.07, 6.45) is 1.66. The lowest BCUT2D eigenvalue weighted by atomic mass is 9.94. The molecule has 5 nitrogen and oxygen atoms in total. The maximum absolute atomic E-state index is 11.6. The van der Waals surface area contributed by atoms with E-state index in [0.717, 1.165) is 18.6 Å². The Kier molecular flexibility index (Phi) is 10.6. The molecular formula is C16H27ClN2O3. The minimum atomic E-state index is -0.327. The van der Waals surface area contributed by atoms with Crippen molar-refractivity contribution in [3.63, 3.8) is 0 Å². The van der Waals surface area contributed by atoms with Crippen LogP contribution in [0.1, 0.15) is 26.7 Å². The predicted molar refractivity (Wildman–Crippen MR) is 90.5 cm³/mol. The van der Waals surface area contributed by atoms with Crippen molar-refractivity contribution in [2.75, 3.05) is 26.4 Å². The van der Waals surface area contributed by atoms with E-state index in [0.29, 0.717) is 19.8 Å². The molecule has 22 heavy (non-hydrogen) atoms. The van der Waals surface area contributed by atoms with Crippen molar-refractivity contribution >= 4 is 18.3 Å². The van der Waals surface area contributed by atoms with Gasteiger partial charge in [-0.3, -0.25) is 4.79 Å². The molecule has 0 aliphatic heterocycles. The van der Waals surface area contributed by atoms with Gasteiger partial charge >= 0.3 is 0 Å². The summed E-state index contributed by atoms with van der Waals surface area (Å²) >= 11 is 0. The first kappa shape index (κ1) is 20.7. The fraction of sp³-hybridized carbons (Fsp3) is 0.562. The van der Waals surface area contributed by atoms with Gasteiger partial charge in [-0.15, -0.1) is 12.4 Å². The maximum Gasteiger partial charge on any atom is 0.246 e. The minimum Gasteiger partial charge on any atom is -0.491 e.